The molecule has 0 rings (SSSR count). The van der Waals surface area contributed by atoms with Crippen LogP contribution in [0.4, 0.5) is 0 Å². The lowest BCUT2D eigenvalue weighted by atomic mass is 10.0. The molecule has 0 aromatic rings. The van der Waals surface area contributed by atoms with Crippen LogP contribution >= 0.6 is 0 Å². The minimum absolute atomic E-state index is 0.315. The first-order chi connectivity index (χ1) is 19.3. The summed E-state index contributed by atoms with van der Waals surface area (Å²) in [4.78, 5) is 72.6. The van der Waals surface area contributed by atoms with Gasteiger partial charge in [0.15, 0.2) is 0 Å². The molecule has 0 radical (unpaired) electrons. The van der Waals surface area contributed by atoms with Crippen LogP contribution < -0.4 is 27.4 Å². The lowest BCUT2D eigenvalue weighted by Gasteiger charge is -2.27. The molecule has 0 aromatic heterocycles. The van der Waals surface area contributed by atoms with E-state index in [4.69, 9.17) is 11.5 Å². The third-order valence-corrected chi connectivity index (χ3v) is 6.67. The summed E-state index contributed by atoms with van der Waals surface area (Å²) in [5.41, 5.74) is 10.3. The van der Waals surface area contributed by atoms with Crippen molar-refractivity contribution in [2.45, 2.75) is 135 Å². The van der Waals surface area contributed by atoms with Gasteiger partial charge in [0.25, 0.3) is 0 Å². The zero-order valence-corrected chi connectivity index (χ0v) is 24.7. The summed E-state index contributed by atoms with van der Waals surface area (Å²) < 4.78 is 0. The number of nitrogens with one attached hydrogen (secondary N) is 3. The minimum atomic E-state index is -1.76. The van der Waals surface area contributed by atoms with Crippen molar-refractivity contribution in [1.82, 2.24) is 16.0 Å². The van der Waals surface area contributed by atoms with Crippen molar-refractivity contribution in [3.63, 3.8) is 0 Å². The van der Waals surface area contributed by atoms with Gasteiger partial charge in [-0.25, -0.2) is 0 Å². The van der Waals surface area contributed by atoms with E-state index in [2.05, 4.69) is 22.9 Å². The van der Waals surface area contributed by atoms with Crippen molar-refractivity contribution < 1.29 is 39.0 Å². The third kappa shape index (κ3) is 18.1. The molecule has 5 atom stereocenters. The molecule has 5 amide bonds. The Morgan fingerprint density at radius 2 is 1.27 bits per heavy atom. The number of carbonyl (C=O) groups is 6. The molecule has 0 aliphatic heterocycles. The van der Waals surface area contributed by atoms with Crippen molar-refractivity contribution >= 4 is 35.8 Å². The number of hydrogen-bond acceptors (Lipinski definition) is 8. The molecule has 41 heavy (non-hydrogen) atoms. The summed E-state index contributed by atoms with van der Waals surface area (Å²) in [5, 5.41) is 27.6. The van der Waals surface area contributed by atoms with Crippen molar-refractivity contribution in [1.29, 1.82) is 0 Å². The summed E-state index contributed by atoms with van der Waals surface area (Å²) in [6.07, 6.45) is 6.49. The van der Waals surface area contributed by atoms with E-state index in [-0.39, 0.29) is 12.3 Å². The van der Waals surface area contributed by atoms with Crippen LogP contribution in [0.5, 0.6) is 0 Å². The van der Waals surface area contributed by atoms with E-state index < -0.39 is 72.7 Å². The van der Waals surface area contributed by atoms with Gasteiger partial charge in [-0.05, 0) is 12.3 Å². The average molecular weight is 586 g/mol. The molecule has 0 aromatic carbocycles. The van der Waals surface area contributed by atoms with Gasteiger partial charge in [0.1, 0.15) is 18.4 Å². The first kappa shape index (κ1) is 37.9. The van der Waals surface area contributed by atoms with Crippen molar-refractivity contribution in [2.75, 3.05) is 0 Å². The summed E-state index contributed by atoms with van der Waals surface area (Å²) in [6, 6.07) is -4.21. The van der Waals surface area contributed by atoms with Crippen LogP contribution in [-0.4, -0.2) is 76.4 Å². The van der Waals surface area contributed by atoms with E-state index in [1.165, 1.54) is 32.1 Å². The highest BCUT2D eigenvalue weighted by molar-refractivity contribution is 5.95. The van der Waals surface area contributed by atoms with E-state index in [0.29, 0.717) is 12.7 Å². The van der Waals surface area contributed by atoms with Crippen LogP contribution in [-0.2, 0) is 28.8 Å². The summed E-state index contributed by atoms with van der Waals surface area (Å²) in [6.45, 7) is 5.50. The Balaban J connectivity index is 5.10. The first-order valence-electron chi connectivity index (χ1n) is 14.6. The Morgan fingerprint density at radius 3 is 1.76 bits per heavy atom. The van der Waals surface area contributed by atoms with Gasteiger partial charge in [0.05, 0.1) is 37.5 Å². The number of primary amides is 2. The van der Waals surface area contributed by atoms with Crippen LogP contribution in [0.15, 0.2) is 0 Å². The second-order valence-electron chi connectivity index (χ2n) is 10.9. The number of aliphatic hydroxyl groups excluding tert-OH is 2. The minimum Gasteiger partial charge on any atom is -0.393 e. The van der Waals surface area contributed by atoms with E-state index in [9.17, 15) is 39.0 Å². The highest BCUT2D eigenvalue weighted by Gasteiger charge is 2.34. The molecule has 236 valence electrons. The summed E-state index contributed by atoms with van der Waals surface area (Å²) >= 11 is 0. The lowest BCUT2D eigenvalue weighted by molar-refractivity contribution is -0.137. The molecule has 1 unspecified atom stereocenters. The first-order valence-corrected chi connectivity index (χ1v) is 14.6. The molecule has 13 nitrogen and oxygen atoms in total. The van der Waals surface area contributed by atoms with Crippen LogP contribution in [0.3, 0.4) is 0 Å². The highest BCUT2D eigenvalue weighted by Crippen LogP contribution is 2.13. The number of hydrogen-bond donors (Lipinski definition) is 7. The molecule has 0 fully saturated rings. The second-order valence-corrected chi connectivity index (χ2v) is 10.9. The fraction of sp³-hybridized carbons (Fsp3) is 0.786. The van der Waals surface area contributed by atoms with E-state index in [1.807, 2.05) is 0 Å². The summed E-state index contributed by atoms with van der Waals surface area (Å²) in [7, 11) is 0. The Morgan fingerprint density at radius 1 is 0.732 bits per heavy atom. The molecule has 13 heteroatoms. The van der Waals surface area contributed by atoms with Gasteiger partial charge in [-0.15, -0.1) is 0 Å². The predicted octanol–water partition coefficient (Wildman–Crippen LogP) is 0.0793. The Kier molecular flexibility index (Phi) is 20.0. The molecule has 9 N–H and O–H groups in total. The molecule has 0 saturated carbocycles. The molecule has 0 heterocycles. The second kappa shape index (κ2) is 21.7. The third-order valence-electron chi connectivity index (χ3n) is 6.67. The Bertz CT molecular complexity index is 838. The topological polar surface area (TPSA) is 231 Å². The zero-order chi connectivity index (χ0) is 31.4. The predicted molar refractivity (Wildman–Crippen MR) is 153 cm³/mol. The molecule has 0 saturated heterocycles. The van der Waals surface area contributed by atoms with Gasteiger partial charge in [0, 0.05) is 0 Å². The monoisotopic (exact) mass is 585 g/mol. The molecule has 0 spiro atoms. The average Bonchev–Trinajstić information content (AvgIpc) is 2.87. The molecular formula is C28H51N5O8. The number of carbonyl (C=O) groups excluding carboxylic acids is 6. The fourth-order valence-electron chi connectivity index (χ4n) is 4.20. The van der Waals surface area contributed by atoms with Crippen molar-refractivity contribution in [3.05, 3.63) is 0 Å². The van der Waals surface area contributed by atoms with E-state index in [0.717, 1.165) is 25.7 Å². The van der Waals surface area contributed by atoms with Gasteiger partial charge < -0.3 is 42.4 Å². The van der Waals surface area contributed by atoms with Crippen LogP contribution in [0, 0.1) is 5.92 Å². The zero-order valence-electron chi connectivity index (χ0n) is 24.7. The number of unbranched alkanes of at least 4 members (excludes halogenated alkanes) is 8. The number of aliphatic hydroxyl groups is 2. The SMILES string of the molecule is CCCCCCCCCCC[C@@H](O)CC(=O)N[C@@H](CC(N)=O)C(=O)N[C@H](C(=O)N[C@H](C=O)C(C)C)C(O)CC(N)=O. The number of rotatable bonds is 24. The fourth-order valence-corrected chi connectivity index (χ4v) is 4.20. The van der Waals surface area contributed by atoms with Crippen molar-refractivity contribution in [2.24, 2.45) is 17.4 Å². The number of amides is 5. The van der Waals surface area contributed by atoms with E-state index in [1.54, 1.807) is 13.8 Å². The summed E-state index contributed by atoms with van der Waals surface area (Å²) in [5.74, 6) is -4.93. The largest absolute Gasteiger partial charge is 0.393 e. The van der Waals surface area contributed by atoms with Gasteiger partial charge in [-0.3, -0.25) is 24.0 Å². The van der Waals surface area contributed by atoms with Crippen LogP contribution in [0.2, 0.25) is 0 Å². The van der Waals surface area contributed by atoms with Gasteiger partial charge in [-0.1, -0.05) is 78.6 Å². The van der Waals surface area contributed by atoms with Crippen LogP contribution in [0.1, 0.15) is 104 Å². The highest BCUT2D eigenvalue weighted by atomic mass is 16.3. The Hall–Kier alpha value is -3.06. The van der Waals surface area contributed by atoms with Gasteiger partial charge in [-0.2, -0.15) is 0 Å². The smallest absolute Gasteiger partial charge is 0.245 e. The molecule has 0 bridgehead atoms. The van der Waals surface area contributed by atoms with Gasteiger partial charge in [0.2, 0.25) is 29.5 Å². The number of nitrogens with two attached hydrogens (primary N) is 2. The lowest BCUT2D eigenvalue weighted by Crippen LogP contribution is -2.60. The maximum Gasteiger partial charge on any atom is 0.245 e. The maximum absolute atomic E-state index is 13.0. The maximum atomic E-state index is 13.0. The van der Waals surface area contributed by atoms with Gasteiger partial charge >= 0.3 is 0 Å². The number of aldehydes is 1. The quantitative estimate of drug-likeness (QED) is 0.0604. The van der Waals surface area contributed by atoms with Crippen molar-refractivity contribution in [3.8, 4) is 0 Å². The Labute approximate surface area is 242 Å². The van der Waals surface area contributed by atoms with Crippen LogP contribution in [0.25, 0.3) is 0 Å². The van der Waals surface area contributed by atoms with E-state index >= 15 is 0 Å². The standard InChI is InChI=1S/C28H51N5O8/c1-4-5-6-7-8-9-10-11-12-13-19(35)14-25(39)31-20(15-23(29)37)27(40)33-26(22(36)16-24(30)38)28(41)32-21(17-34)18(2)3/h17-22,26,35-36H,4-16H2,1-3H3,(H2,29,37)(H2,30,38)(H,31,39)(H,32,41)(H,33,40)/t19-,20+,21-,22?,26+/m1/s1. The normalized spacial score (nSPS) is 14.8. The molecular weight excluding hydrogens is 534 g/mol. The molecule has 0 aliphatic rings. The molecule has 0 aliphatic carbocycles.